The van der Waals surface area contributed by atoms with E-state index in [1.165, 1.54) is 5.01 Å². The maximum Gasteiger partial charge on any atom is 0.490 e. The molecule has 2 aromatic rings. The maximum absolute atomic E-state index is 10.6. The number of ether oxygens (including phenoxy) is 1. The van der Waals surface area contributed by atoms with Crippen molar-refractivity contribution in [3.8, 4) is 0 Å². The molecule has 2 aliphatic rings. The largest absolute Gasteiger partial charge is 0.490 e. The molecule has 1 spiro atoms. The van der Waals surface area contributed by atoms with Crippen LogP contribution in [-0.4, -0.2) is 92.7 Å². The Morgan fingerprint density at radius 2 is 1.53 bits per heavy atom. The summed E-state index contributed by atoms with van der Waals surface area (Å²) >= 11 is 1.74. The van der Waals surface area contributed by atoms with Crippen molar-refractivity contribution in [1.82, 2.24) is 19.8 Å². The van der Waals surface area contributed by atoms with Gasteiger partial charge in [-0.2, -0.15) is 26.3 Å². The van der Waals surface area contributed by atoms with Gasteiger partial charge in [-0.25, -0.2) is 14.6 Å². The summed E-state index contributed by atoms with van der Waals surface area (Å²) in [6.45, 7) is 6.96. The number of piperidine rings is 1. The van der Waals surface area contributed by atoms with Crippen LogP contribution in [0, 0.1) is 0 Å². The molecule has 16 heteroatoms. The van der Waals surface area contributed by atoms with Crippen molar-refractivity contribution in [2.24, 2.45) is 0 Å². The molecule has 9 nitrogen and oxygen atoms in total. The zero-order valence-corrected chi connectivity index (χ0v) is 20.7. The molecular formula is C22H26F6N4O5S. The van der Waals surface area contributed by atoms with Crippen LogP contribution in [0.2, 0.25) is 0 Å². The van der Waals surface area contributed by atoms with Gasteiger partial charge in [0.2, 0.25) is 0 Å². The Bertz CT molecular complexity index is 976. The average molecular weight is 573 g/mol. The molecule has 0 unspecified atom stereocenters. The number of morpholine rings is 1. The third-order valence-corrected chi connectivity index (χ3v) is 6.30. The van der Waals surface area contributed by atoms with E-state index in [9.17, 15) is 26.3 Å². The van der Waals surface area contributed by atoms with E-state index in [-0.39, 0.29) is 5.60 Å². The number of likely N-dealkylation sites (tertiary alicyclic amines) is 1. The molecule has 0 atom stereocenters. The highest BCUT2D eigenvalue weighted by atomic mass is 32.1. The second kappa shape index (κ2) is 13.8. The van der Waals surface area contributed by atoms with Crippen LogP contribution in [0.5, 0.6) is 0 Å². The lowest BCUT2D eigenvalue weighted by Crippen LogP contribution is -2.56. The van der Waals surface area contributed by atoms with E-state index in [1.54, 1.807) is 11.3 Å². The van der Waals surface area contributed by atoms with Gasteiger partial charge >= 0.3 is 24.3 Å². The summed E-state index contributed by atoms with van der Waals surface area (Å²) in [7, 11) is 0. The fourth-order valence-corrected chi connectivity index (χ4v) is 4.38. The van der Waals surface area contributed by atoms with E-state index in [1.807, 2.05) is 18.5 Å². The van der Waals surface area contributed by atoms with Crippen molar-refractivity contribution in [1.29, 1.82) is 0 Å². The zero-order chi connectivity index (χ0) is 28.4. The predicted octanol–water partition coefficient (Wildman–Crippen LogP) is 3.67. The summed E-state index contributed by atoms with van der Waals surface area (Å²) in [5.41, 5.74) is 1.19. The number of halogens is 6. The summed E-state index contributed by atoms with van der Waals surface area (Å²) in [6.07, 6.45) is -4.18. The molecule has 0 amide bonds. The summed E-state index contributed by atoms with van der Waals surface area (Å²) in [6, 6.07) is 6.15. The molecule has 2 aliphatic heterocycles. The van der Waals surface area contributed by atoms with Crippen molar-refractivity contribution in [2.75, 3.05) is 32.8 Å². The number of nitrogens with zero attached hydrogens (tertiary/aromatic N) is 4. The van der Waals surface area contributed by atoms with Crippen LogP contribution in [-0.2, 0) is 27.4 Å². The number of carbonyl (C=O) groups is 2. The van der Waals surface area contributed by atoms with Crippen LogP contribution >= 0.6 is 11.3 Å². The molecule has 0 saturated carbocycles. The molecular weight excluding hydrogens is 546 g/mol. The monoisotopic (exact) mass is 572 g/mol. The topological polar surface area (TPSA) is 116 Å². The van der Waals surface area contributed by atoms with Crippen LogP contribution in [0.3, 0.4) is 0 Å². The lowest BCUT2D eigenvalue weighted by Gasteiger charge is -2.47. The third-order valence-electron chi connectivity index (χ3n) is 5.53. The number of hydrogen-bond donors (Lipinski definition) is 2. The SMILES string of the molecule is O=C(O)C(F)(F)F.O=C(O)C(F)(F)F.c1ccc(CN2CCC3(CC2)CN(Cc2nccs2)CCO3)nc1. The molecule has 0 aromatic carbocycles. The predicted molar refractivity (Wildman–Crippen MR) is 122 cm³/mol. The molecule has 2 N–H and O–H groups in total. The minimum atomic E-state index is -5.08. The zero-order valence-electron chi connectivity index (χ0n) is 19.9. The van der Waals surface area contributed by atoms with Crippen molar-refractivity contribution >= 4 is 23.3 Å². The van der Waals surface area contributed by atoms with Crippen LogP contribution in [0.15, 0.2) is 36.0 Å². The fraction of sp³-hybridized carbons (Fsp3) is 0.545. The van der Waals surface area contributed by atoms with E-state index in [2.05, 4.69) is 37.3 Å². The molecule has 2 fully saturated rings. The van der Waals surface area contributed by atoms with Crippen molar-refractivity contribution in [3.05, 3.63) is 46.7 Å². The number of pyridine rings is 1. The first-order chi connectivity index (χ1) is 17.7. The molecule has 0 bridgehead atoms. The van der Waals surface area contributed by atoms with E-state index in [4.69, 9.17) is 24.5 Å². The smallest absolute Gasteiger partial charge is 0.475 e. The molecule has 2 aromatic heterocycles. The lowest BCUT2D eigenvalue weighted by atomic mass is 9.89. The van der Waals surface area contributed by atoms with Gasteiger partial charge in [0.25, 0.3) is 0 Å². The summed E-state index contributed by atoms with van der Waals surface area (Å²) in [4.78, 5) is 31.7. The molecule has 38 heavy (non-hydrogen) atoms. The van der Waals surface area contributed by atoms with Crippen LogP contribution in [0.1, 0.15) is 23.5 Å². The average Bonchev–Trinajstić information content (AvgIpc) is 3.34. The van der Waals surface area contributed by atoms with E-state index in [0.717, 1.165) is 64.4 Å². The van der Waals surface area contributed by atoms with Crippen molar-refractivity contribution in [2.45, 2.75) is 43.9 Å². The normalized spacial score (nSPS) is 18.1. The summed E-state index contributed by atoms with van der Waals surface area (Å²) < 4.78 is 69.7. The number of rotatable bonds is 4. The molecule has 0 aliphatic carbocycles. The lowest BCUT2D eigenvalue weighted by molar-refractivity contribution is -0.193. The molecule has 4 rings (SSSR count). The summed E-state index contributed by atoms with van der Waals surface area (Å²) in [5.74, 6) is -5.51. The number of carboxylic acids is 2. The minimum absolute atomic E-state index is 0.0378. The first-order valence-electron chi connectivity index (χ1n) is 11.2. The fourth-order valence-electron chi connectivity index (χ4n) is 3.72. The highest BCUT2D eigenvalue weighted by Crippen LogP contribution is 2.31. The number of alkyl halides is 6. The third kappa shape index (κ3) is 10.9. The van der Waals surface area contributed by atoms with Gasteiger partial charge in [-0.15, -0.1) is 11.3 Å². The molecule has 2 saturated heterocycles. The number of thiazole rings is 1. The van der Waals surface area contributed by atoms with Gasteiger partial charge < -0.3 is 14.9 Å². The van der Waals surface area contributed by atoms with E-state index >= 15 is 0 Å². The molecule has 212 valence electrons. The number of aliphatic carboxylic acids is 2. The number of aromatic nitrogens is 2. The number of hydrogen-bond acceptors (Lipinski definition) is 8. The Balaban J connectivity index is 0.000000301. The molecule has 4 heterocycles. The van der Waals surface area contributed by atoms with Crippen LogP contribution in [0.4, 0.5) is 26.3 Å². The Hall–Kier alpha value is -2.82. The quantitative estimate of drug-likeness (QED) is 0.530. The van der Waals surface area contributed by atoms with Gasteiger partial charge in [-0.05, 0) is 25.0 Å². The Labute approximate surface area is 217 Å². The van der Waals surface area contributed by atoms with Crippen molar-refractivity contribution in [3.63, 3.8) is 0 Å². The van der Waals surface area contributed by atoms with Gasteiger partial charge in [0.15, 0.2) is 0 Å². The standard InChI is InChI=1S/C18H24N4OS.2C2HF3O2/c1-2-6-19-16(3-1)13-21-8-4-18(5-9-21)15-22(10-11-23-18)14-17-20-7-12-24-17;2*3-2(4,5)1(6)7/h1-3,6-7,12H,4-5,8-11,13-15H2;2*(H,6,7). The Morgan fingerprint density at radius 3 is 2.00 bits per heavy atom. The first kappa shape index (κ1) is 31.4. The Kier molecular flexibility index (Phi) is 11.4. The first-order valence-corrected chi connectivity index (χ1v) is 12.1. The molecule has 0 radical (unpaired) electrons. The van der Waals surface area contributed by atoms with E-state index in [0.29, 0.717) is 0 Å². The van der Waals surface area contributed by atoms with Gasteiger partial charge in [-0.1, -0.05) is 6.07 Å². The highest BCUT2D eigenvalue weighted by molar-refractivity contribution is 7.09. The van der Waals surface area contributed by atoms with Gasteiger partial charge in [0.1, 0.15) is 5.01 Å². The van der Waals surface area contributed by atoms with E-state index < -0.39 is 24.3 Å². The van der Waals surface area contributed by atoms with Crippen molar-refractivity contribution < 1.29 is 50.9 Å². The second-order valence-electron chi connectivity index (χ2n) is 8.37. The minimum Gasteiger partial charge on any atom is -0.475 e. The van der Waals surface area contributed by atoms with Crippen LogP contribution < -0.4 is 0 Å². The van der Waals surface area contributed by atoms with Gasteiger partial charge in [-0.3, -0.25) is 14.8 Å². The number of carboxylic acid groups (broad SMARTS) is 2. The Morgan fingerprint density at radius 1 is 0.921 bits per heavy atom. The van der Waals surface area contributed by atoms with Gasteiger partial charge in [0.05, 0.1) is 24.4 Å². The van der Waals surface area contributed by atoms with Crippen LogP contribution in [0.25, 0.3) is 0 Å². The second-order valence-corrected chi connectivity index (χ2v) is 9.35. The summed E-state index contributed by atoms with van der Waals surface area (Å²) in [5, 5.41) is 17.5. The maximum atomic E-state index is 10.6. The van der Waals surface area contributed by atoms with Gasteiger partial charge in [0, 0.05) is 50.5 Å². The highest BCUT2D eigenvalue weighted by Gasteiger charge is 2.40.